The molecule has 0 atom stereocenters. The van der Waals surface area contributed by atoms with Crippen molar-refractivity contribution in [3.63, 3.8) is 0 Å². The van der Waals surface area contributed by atoms with Crippen molar-refractivity contribution in [2.45, 2.75) is 13.3 Å². The zero-order valence-electron chi connectivity index (χ0n) is 13.8. The van der Waals surface area contributed by atoms with E-state index < -0.39 is 11.9 Å². The summed E-state index contributed by atoms with van der Waals surface area (Å²) in [6.07, 6.45) is 0.810. The molecule has 0 saturated carbocycles. The predicted molar refractivity (Wildman–Crippen MR) is 89.0 cm³/mol. The molecule has 0 aliphatic rings. The highest BCUT2D eigenvalue weighted by Crippen LogP contribution is 2.04. The van der Waals surface area contributed by atoms with Crippen molar-refractivity contribution in [2.75, 3.05) is 39.0 Å². The second-order valence-corrected chi connectivity index (χ2v) is 5.37. The first-order valence-electron chi connectivity index (χ1n) is 7.50. The molecule has 0 aliphatic carbocycles. The standard InChI is InChI=1S/C16H24N4O3/c1-4-10-20(12-15(22)19(2)3)11-14(21)18-16(23)17-13-8-6-5-7-9-13/h5-9H,4,10-12H2,1-3H3,(H2,17,18,21,23). The number of likely N-dealkylation sites (N-methyl/N-ethyl adjacent to an activating group) is 1. The van der Waals surface area contributed by atoms with Gasteiger partial charge in [-0.05, 0) is 25.1 Å². The summed E-state index contributed by atoms with van der Waals surface area (Å²) in [5.41, 5.74) is 0.603. The van der Waals surface area contributed by atoms with Crippen LogP contribution in [0.1, 0.15) is 13.3 Å². The van der Waals surface area contributed by atoms with Gasteiger partial charge in [0.05, 0.1) is 13.1 Å². The molecule has 4 amide bonds. The van der Waals surface area contributed by atoms with Crippen molar-refractivity contribution in [3.8, 4) is 0 Å². The molecule has 126 valence electrons. The topological polar surface area (TPSA) is 81.8 Å². The van der Waals surface area contributed by atoms with E-state index in [9.17, 15) is 14.4 Å². The summed E-state index contributed by atoms with van der Waals surface area (Å²) in [7, 11) is 3.33. The van der Waals surface area contributed by atoms with Gasteiger partial charge in [0.2, 0.25) is 11.8 Å². The van der Waals surface area contributed by atoms with Crippen LogP contribution in [0, 0.1) is 0 Å². The van der Waals surface area contributed by atoms with Gasteiger partial charge >= 0.3 is 6.03 Å². The highest BCUT2D eigenvalue weighted by atomic mass is 16.2. The Bertz CT molecular complexity index is 531. The maximum Gasteiger partial charge on any atom is 0.325 e. The second-order valence-electron chi connectivity index (χ2n) is 5.37. The van der Waals surface area contributed by atoms with Gasteiger partial charge in [-0.1, -0.05) is 25.1 Å². The third kappa shape index (κ3) is 7.42. The van der Waals surface area contributed by atoms with Gasteiger partial charge in [-0.25, -0.2) is 4.79 Å². The average Bonchev–Trinajstić information content (AvgIpc) is 2.47. The van der Waals surface area contributed by atoms with E-state index in [0.717, 1.165) is 6.42 Å². The van der Waals surface area contributed by atoms with E-state index in [0.29, 0.717) is 12.2 Å². The van der Waals surface area contributed by atoms with Gasteiger partial charge in [0.25, 0.3) is 0 Å². The fourth-order valence-electron chi connectivity index (χ4n) is 1.92. The number of carbonyl (C=O) groups excluding carboxylic acids is 3. The zero-order valence-corrected chi connectivity index (χ0v) is 13.8. The number of carbonyl (C=O) groups is 3. The number of anilines is 1. The fraction of sp³-hybridized carbons (Fsp3) is 0.438. The number of benzene rings is 1. The van der Waals surface area contributed by atoms with Gasteiger partial charge in [-0.2, -0.15) is 0 Å². The van der Waals surface area contributed by atoms with Crippen molar-refractivity contribution >= 4 is 23.5 Å². The molecule has 0 spiro atoms. The van der Waals surface area contributed by atoms with Crippen LogP contribution in [0.3, 0.4) is 0 Å². The van der Waals surface area contributed by atoms with Gasteiger partial charge < -0.3 is 10.2 Å². The molecule has 0 fully saturated rings. The highest BCUT2D eigenvalue weighted by Gasteiger charge is 2.16. The normalized spacial score (nSPS) is 10.3. The van der Waals surface area contributed by atoms with Gasteiger partial charge in [0.15, 0.2) is 0 Å². The van der Waals surface area contributed by atoms with Gasteiger partial charge in [-0.15, -0.1) is 0 Å². The Hall–Kier alpha value is -2.41. The molecule has 0 aliphatic heterocycles. The summed E-state index contributed by atoms with van der Waals surface area (Å²) in [5.74, 6) is -0.529. The summed E-state index contributed by atoms with van der Waals surface area (Å²) in [5, 5.41) is 4.84. The number of nitrogens with one attached hydrogen (secondary N) is 2. The summed E-state index contributed by atoms with van der Waals surface area (Å²) in [6.45, 7) is 2.71. The molecule has 23 heavy (non-hydrogen) atoms. The van der Waals surface area contributed by atoms with E-state index in [-0.39, 0.29) is 19.0 Å². The maximum absolute atomic E-state index is 11.9. The number of hydrogen-bond acceptors (Lipinski definition) is 4. The smallest absolute Gasteiger partial charge is 0.325 e. The van der Waals surface area contributed by atoms with Crippen LogP contribution >= 0.6 is 0 Å². The third-order valence-corrected chi connectivity index (χ3v) is 3.05. The second kappa shape index (κ2) is 9.58. The van der Waals surface area contributed by atoms with Crippen molar-refractivity contribution in [3.05, 3.63) is 30.3 Å². The molecule has 7 nitrogen and oxygen atoms in total. The fourth-order valence-corrected chi connectivity index (χ4v) is 1.92. The van der Waals surface area contributed by atoms with E-state index in [1.807, 2.05) is 13.0 Å². The number of rotatable bonds is 7. The maximum atomic E-state index is 11.9. The van der Waals surface area contributed by atoms with E-state index in [4.69, 9.17) is 0 Å². The number of amides is 4. The first-order chi connectivity index (χ1) is 10.9. The minimum absolute atomic E-state index is 0.00434. The molecule has 0 radical (unpaired) electrons. The van der Waals surface area contributed by atoms with Crippen LogP contribution < -0.4 is 10.6 Å². The Kier molecular flexibility index (Phi) is 7.76. The molecule has 0 aromatic heterocycles. The van der Waals surface area contributed by atoms with E-state index in [1.54, 1.807) is 43.3 Å². The average molecular weight is 320 g/mol. The van der Waals surface area contributed by atoms with Crippen molar-refractivity contribution in [1.82, 2.24) is 15.1 Å². The van der Waals surface area contributed by atoms with Crippen LogP contribution in [-0.4, -0.2) is 61.4 Å². The molecular weight excluding hydrogens is 296 g/mol. The lowest BCUT2D eigenvalue weighted by molar-refractivity contribution is -0.130. The third-order valence-electron chi connectivity index (χ3n) is 3.05. The molecule has 0 bridgehead atoms. The lowest BCUT2D eigenvalue weighted by Crippen LogP contribution is -2.45. The predicted octanol–water partition coefficient (Wildman–Crippen LogP) is 1.13. The van der Waals surface area contributed by atoms with Crippen LogP contribution in [-0.2, 0) is 9.59 Å². The van der Waals surface area contributed by atoms with E-state index >= 15 is 0 Å². The number of para-hydroxylation sites is 1. The van der Waals surface area contributed by atoms with Crippen LogP contribution in [0.4, 0.5) is 10.5 Å². The summed E-state index contributed by atoms with van der Waals surface area (Å²) in [6, 6.07) is 8.27. The Morgan fingerprint density at radius 3 is 2.26 bits per heavy atom. The van der Waals surface area contributed by atoms with Crippen molar-refractivity contribution in [1.29, 1.82) is 0 Å². The highest BCUT2D eigenvalue weighted by molar-refractivity contribution is 6.01. The first kappa shape index (κ1) is 18.6. The van der Waals surface area contributed by atoms with Crippen LogP contribution in [0.5, 0.6) is 0 Å². The zero-order chi connectivity index (χ0) is 17.2. The first-order valence-corrected chi connectivity index (χ1v) is 7.50. The largest absolute Gasteiger partial charge is 0.348 e. The molecular formula is C16H24N4O3. The number of imide groups is 1. The lowest BCUT2D eigenvalue weighted by atomic mass is 10.3. The minimum Gasteiger partial charge on any atom is -0.348 e. The summed E-state index contributed by atoms with van der Waals surface area (Å²) in [4.78, 5) is 38.6. The van der Waals surface area contributed by atoms with Crippen molar-refractivity contribution in [2.24, 2.45) is 0 Å². The quantitative estimate of drug-likeness (QED) is 0.789. The van der Waals surface area contributed by atoms with Gasteiger partial charge in [-0.3, -0.25) is 19.8 Å². The molecule has 2 N–H and O–H groups in total. The Balaban J connectivity index is 2.48. The Morgan fingerprint density at radius 2 is 1.70 bits per heavy atom. The number of hydrogen-bond donors (Lipinski definition) is 2. The Morgan fingerprint density at radius 1 is 1.04 bits per heavy atom. The number of nitrogens with zero attached hydrogens (tertiary/aromatic N) is 2. The molecule has 0 heterocycles. The minimum atomic E-state index is -0.586. The van der Waals surface area contributed by atoms with Crippen LogP contribution in [0.25, 0.3) is 0 Å². The molecule has 1 aromatic carbocycles. The summed E-state index contributed by atoms with van der Waals surface area (Å²) >= 11 is 0. The van der Waals surface area contributed by atoms with Gasteiger partial charge in [0.1, 0.15) is 0 Å². The SMILES string of the molecule is CCCN(CC(=O)NC(=O)Nc1ccccc1)CC(=O)N(C)C. The van der Waals surface area contributed by atoms with E-state index in [2.05, 4.69) is 10.6 Å². The molecule has 0 saturated heterocycles. The Labute approximate surface area is 136 Å². The molecule has 0 unspecified atom stereocenters. The lowest BCUT2D eigenvalue weighted by Gasteiger charge is -2.22. The molecule has 1 aromatic rings. The van der Waals surface area contributed by atoms with Crippen LogP contribution in [0.2, 0.25) is 0 Å². The monoisotopic (exact) mass is 320 g/mol. The molecule has 7 heteroatoms. The van der Waals surface area contributed by atoms with Crippen molar-refractivity contribution < 1.29 is 14.4 Å². The molecule has 1 rings (SSSR count). The summed E-state index contributed by atoms with van der Waals surface area (Å²) < 4.78 is 0. The number of urea groups is 1. The van der Waals surface area contributed by atoms with E-state index in [1.165, 1.54) is 4.90 Å². The van der Waals surface area contributed by atoms with Gasteiger partial charge in [0, 0.05) is 19.8 Å². The van der Waals surface area contributed by atoms with Crippen LogP contribution in [0.15, 0.2) is 30.3 Å².